The number of carbonyl (C=O) groups is 1. The van der Waals surface area contributed by atoms with Crippen molar-refractivity contribution in [2.75, 3.05) is 13.7 Å². The van der Waals surface area contributed by atoms with Crippen LogP contribution in [0.2, 0.25) is 0 Å². The van der Waals surface area contributed by atoms with Crippen LogP contribution >= 0.6 is 0 Å². The van der Waals surface area contributed by atoms with Crippen LogP contribution in [0.25, 0.3) is 0 Å². The summed E-state index contributed by atoms with van der Waals surface area (Å²) in [6.45, 7) is 7.41. The van der Waals surface area contributed by atoms with Crippen LogP contribution in [0.4, 0.5) is 0 Å². The van der Waals surface area contributed by atoms with Gasteiger partial charge in [-0.2, -0.15) is 0 Å². The van der Waals surface area contributed by atoms with Crippen molar-refractivity contribution in [2.24, 2.45) is 5.92 Å². The molecule has 3 heteroatoms. The molecule has 0 unspecified atom stereocenters. The van der Waals surface area contributed by atoms with Crippen molar-refractivity contribution in [3.63, 3.8) is 0 Å². The second-order valence-electron chi connectivity index (χ2n) is 4.79. The monoisotopic (exact) mass is 213 g/mol. The fourth-order valence-electron chi connectivity index (χ4n) is 2.44. The lowest BCUT2D eigenvalue weighted by molar-refractivity contribution is -0.150. The second-order valence-corrected chi connectivity index (χ2v) is 4.79. The molecule has 0 spiro atoms. The van der Waals surface area contributed by atoms with Gasteiger partial charge in [0.1, 0.15) is 6.04 Å². The number of hydrogen-bond donors (Lipinski definition) is 0. The third-order valence-corrected chi connectivity index (χ3v) is 3.29. The van der Waals surface area contributed by atoms with E-state index in [0.717, 1.165) is 6.54 Å². The molecule has 1 saturated heterocycles. The third kappa shape index (κ3) is 2.94. The molecule has 1 rings (SSSR count). The summed E-state index contributed by atoms with van der Waals surface area (Å²) in [4.78, 5) is 14.0. The van der Waals surface area contributed by atoms with Crippen molar-refractivity contribution >= 4 is 5.97 Å². The number of rotatable bonds is 3. The summed E-state index contributed by atoms with van der Waals surface area (Å²) in [7, 11) is 1.48. The average Bonchev–Trinajstić information content (AvgIpc) is 2.20. The maximum atomic E-state index is 11.7. The first-order valence-corrected chi connectivity index (χ1v) is 5.91. The molecule has 0 aromatic carbocycles. The third-order valence-electron chi connectivity index (χ3n) is 3.29. The number of nitrogens with zero attached hydrogens (tertiary/aromatic N) is 1. The molecule has 0 bridgehead atoms. The Hall–Kier alpha value is -0.570. The Morgan fingerprint density at radius 1 is 1.40 bits per heavy atom. The summed E-state index contributed by atoms with van der Waals surface area (Å²) in [5, 5.41) is 0. The Labute approximate surface area is 92.8 Å². The van der Waals surface area contributed by atoms with E-state index in [1.807, 2.05) is 0 Å². The topological polar surface area (TPSA) is 29.5 Å². The molecule has 0 aliphatic carbocycles. The van der Waals surface area contributed by atoms with Crippen LogP contribution in [0.5, 0.6) is 0 Å². The van der Waals surface area contributed by atoms with Crippen molar-refractivity contribution in [2.45, 2.75) is 52.1 Å². The van der Waals surface area contributed by atoms with Crippen LogP contribution in [-0.4, -0.2) is 36.6 Å². The highest BCUT2D eigenvalue weighted by Crippen LogP contribution is 2.23. The minimum absolute atomic E-state index is 0.0645. The van der Waals surface area contributed by atoms with Gasteiger partial charge < -0.3 is 4.74 Å². The highest BCUT2D eigenvalue weighted by atomic mass is 16.5. The fraction of sp³-hybridized carbons (Fsp3) is 0.917. The molecule has 0 aromatic rings. The van der Waals surface area contributed by atoms with Gasteiger partial charge in [0.05, 0.1) is 7.11 Å². The van der Waals surface area contributed by atoms with Gasteiger partial charge in [0, 0.05) is 6.04 Å². The van der Waals surface area contributed by atoms with Crippen LogP contribution in [0.1, 0.15) is 40.0 Å². The smallest absolute Gasteiger partial charge is 0.323 e. The summed E-state index contributed by atoms with van der Waals surface area (Å²) in [6.07, 6.45) is 3.68. The Balaban J connectivity index is 2.73. The van der Waals surface area contributed by atoms with E-state index in [-0.39, 0.29) is 12.0 Å². The number of likely N-dealkylation sites (tertiary alicyclic amines) is 1. The van der Waals surface area contributed by atoms with Gasteiger partial charge in [0.25, 0.3) is 0 Å². The fourth-order valence-corrected chi connectivity index (χ4v) is 2.44. The lowest BCUT2D eigenvalue weighted by Crippen LogP contribution is -2.51. The lowest BCUT2D eigenvalue weighted by atomic mass is 9.95. The maximum Gasteiger partial charge on any atom is 0.323 e. The molecule has 0 saturated carbocycles. The van der Waals surface area contributed by atoms with E-state index in [2.05, 4.69) is 25.7 Å². The molecule has 0 radical (unpaired) electrons. The van der Waals surface area contributed by atoms with E-state index < -0.39 is 0 Å². The molecule has 1 aliphatic rings. The molecule has 1 aliphatic heterocycles. The van der Waals surface area contributed by atoms with Crippen LogP contribution < -0.4 is 0 Å². The molecule has 0 N–H and O–H groups in total. The summed E-state index contributed by atoms with van der Waals surface area (Å²) in [6, 6.07) is 0.440. The van der Waals surface area contributed by atoms with Gasteiger partial charge in [-0.05, 0) is 32.2 Å². The molecule has 1 fully saturated rings. The highest BCUT2D eigenvalue weighted by molar-refractivity contribution is 5.76. The number of ether oxygens (including phenoxy) is 1. The van der Waals surface area contributed by atoms with E-state index in [4.69, 9.17) is 4.74 Å². The van der Waals surface area contributed by atoms with Crippen LogP contribution in [0, 0.1) is 5.92 Å². The van der Waals surface area contributed by atoms with Crippen LogP contribution in [0.15, 0.2) is 0 Å². The minimum atomic E-state index is -0.0845. The van der Waals surface area contributed by atoms with Gasteiger partial charge in [0.15, 0.2) is 0 Å². The molecule has 1 heterocycles. The summed E-state index contributed by atoms with van der Waals surface area (Å²) >= 11 is 0. The van der Waals surface area contributed by atoms with Crippen LogP contribution in [-0.2, 0) is 9.53 Å². The zero-order chi connectivity index (χ0) is 11.4. The Morgan fingerprint density at radius 3 is 2.53 bits per heavy atom. The van der Waals surface area contributed by atoms with E-state index in [1.165, 1.54) is 26.4 Å². The van der Waals surface area contributed by atoms with E-state index in [1.54, 1.807) is 0 Å². The molecule has 0 amide bonds. The molecule has 15 heavy (non-hydrogen) atoms. The number of methoxy groups -OCH3 is 1. The van der Waals surface area contributed by atoms with Gasteiger partial charge in [-0.3, -0.25) is 9.69 Å². The molecule has 3 nitrogen and oxygen atoms in total. The first kappa shape index (κ1) is 12.5. The van der Waals surface area contributed by atoms with E-state index >= 15 is 0 Å². The summed E-state index contributed by atoms with van der Waals surface area (Å²) in [5.74, 6) is 0.233. The highest BCUT2D eigenvalue weighted by Gasteiger charge is 2.33. The maximum absolute atomic E-state index is 11.7. The first-order chi connectivity index (χ1) is 7.07. The molecular formula is C12H23NO2. The second kappa shape index (κ2) is 5.50. The predicted molar refractivity (Wildman–Crippen MR) is 60.7 cm³/mol. The summed E-state index contributed by atoms with van der Waals surface area (Å²) < 4.78 is 4.89. The largest absolute Gasteiger partial charge is 0.468 e. The first-order valence-electron chi connectivity index (χ1n) is 5.91. The van der Waals surface area contributed by atoms with Crippen molar-refractivity contribution in [3.8, 4) is 0 Å². The standard InChI is InChI=1S/C12H23NO2/c1-9(2)11(12(14)15-4)13-8-6-5-7-10(13)3/h9-11H,5-8H2,1-4H3/t10-,11-/m0/s1. The number of piperidine rings is 1. The Bertz CT molecular complexity index is 216. The van der Waals surface area contributed by atoms with Gasteiger partial charge in [-0.15, -0.1) is 0 Å². The lowest BCUT2D eigenvalue weighted by Gasteiger charge is -2.39. The van der Waals surface area contributed by atoms with Crippen LogP contribution in [0.3, 0.4) is 0 Å². The Morgan fingerprint density at radius 2 is 2.07 bits per heavy atom. The van der Waals surface area contributed by atoms with Crippen molar-refractivity contribution in [1.29, 1.82) is 0 Å². The van der Waals surface area contributed by atoms with Crippen molar-refractivity contribution in [1.82, 2.24) is 4.90 Å². The van der Waals surface area contributed by atoms with Crippen molar-refractivity contribution in [3.05, 3.63) is 0 Å². The number of esters is 1. The van der Waals surface area contributed by atoms with E-state index in [0.29, 0.717) is 12.0 Å². The van der Waals surface area contributed by atoms with Crippen molar-refractivity contribution < 1.29 is 9.53 Å². The predicted octanol–water partition coefficient (Wildman–Crippen LogP) is 2.06. The number of hydrogen-bond acceptors (Lipinski definition) is 3. The average molecular weight is 213 g/mol. The zero-order valence-electron chi connectivity index (χ0n) is 10.3. The molecule has 0 aromatic heterocycles. The normalized spacial score (nSPS) is 25.3. The quantitative estimate of drug-likeness (QED) is 0.672. The zero-order valence-corrected chi connectivity index (χ0v) is 10.3. The van der Waals surface area contributed by atoms with E-state index in [9.17, 15) is 4.79 Å². The minimum Gasteiger partial charge on any atom is -0.468 e. The van der Waals surface area contributed by atoms with Gasteiger partial charge >= 0.3 is 5.97 Å². The Kier molecular flexibility index (Phi) is 4.58. The number of carbonyl (C=O) groups excluding carboxylic acids is 1. The summed E-state index contributed by atoms with van der Waals surface area (Å²) in [5.41, 5.74) is 0. The van der Waals surface area contributed by atoms with Gasteiger partial charge in [0.2, 0.25) is 0 Å². The molecule has 2 atom stereocenters. The molecular weight excluding hydrogens is 190 g/mol. The molecule has 88 valence electrons. The SMILES string of the molecule is COC(=O)[C@H](C(C)C)N1CCCC[C@@H]1C. The van der Waals surface area contributed by atoms with Gasteiger partial charge in [-0.25, -0.2) is 0 Å². The van der Waals surface area contributed by atoms with Gasteiger partial charge in [-0.1, -0.05) is 20.3 Å².